The van der Waals surface area contributed by atoms with Crippen molar-refractivity contribution in [2.75, 3.05) is 13.2 Å². The van der Waals surface area contributed by atoms with E-state index >= 15 is 0 Å². The Kier molecular flexibility index (Phi) is 4.27. The van der Waals surface area contributed by atoms with Gasteiger partial charge in [-0.2, -0.15) is 0 Å². The maximum atomic E-state index is 11.6. The van der Waals surface area contributed by atoms with Crippen molar-refractivity contribution in [1.82, 2.24) is 0 Å². The van der Waals surface area contributed by atoms with Crippen molar-refractivity contribution in [3.8, 4) is 11.5 Å². The third-order valence-corrected chi connectivity index (χ3v) is 2.94. The lowest BCUT2D eigenvalue weighted by Crippen LogP contribution is -2.28. The Balaban J connectivity index is 2.08. The second kappa shape index (κ2) is 5.93. The highest BCUT2D eigenvalue weighted by molar-refractivity contribution is 5.75. The highest BCUT2D eigenvalue weighted by Gasteiger charge is 2.24. The molecular formula is C14H18O5. The lowest BCUT2D eigenvalue weighted by Gasteiger charge is -2.16. The first kappa shape index (κ1) is 13.7. The van der Waals surface area contributed by atoms with Gasteiger partial charge in [0.1, 0.15) is 24.2 Å². The minimum atomic E-state index is -0.621. The smallest absolute Gasteiger partial charge is 0.347 e. The van der Waals surface area contributed by atoms with E-state index < -0.39 is 12.2 Å². The number of esters is 1. The molecule has 1 N–H and O–H groups in total. The van der Waals surface area contributed by atoms with Gasteiger partial charge in [0.15, 0.2) is 6.10 Å². The van der Waals surface area contributed by atoms with Gasteiger partial charge in [-0.05, 0) is 25.5 Å². The topological polar surface area (TPSA) is 65.0 Å². The Morgan fingerprint density at radius 2 is 2.32 bits per heavy atom. The number of ether oxygens (including phenoxy) is 3. The van der Waals surface area contributed by atoms with Crippen LogP contribution in [0.3, 0.4) is 0 Å². The van der Waals surface area contributed by atoms with E-state index in [0.717, 1.165) is 5.56 Å². The van der Waals surface area contributed by atoms with Crippen LogP contribution in [0.4, 0.5) is 0 Å². The van der Waals surface area contributed by atoms with Gasteiger partial charge < -0.3 is 19.3 Å². The van der Waals surface area contributed by atoms with E-state index in [1.807, 2.05) is 6.92 Å². The van der Waals surface area contributed by atoms with Gasteiger partial charge in [0.05, 0.1) is 6.61 Å². The van der Waals surface area contributed by atoms with Gasteiger partial charge in [-0.25, -0.2) is 4.79 Å². The van der Waals surface area contributed by atoms with E-state index in [0.29, 0.717) is 24.5 Å². The average Bonchev–Trinajstić information content (AvgIpc) is 2.77. The molecule has 0 fully saturated rings. The van der Waals surface area contributed by atoms with Crippen molar-refractivity contribution < 1.29 is 24.1 Å². The zero-order chi connectivity index (χ0) is 13.8. The average molecular weight is 266 g/mol. The number of carbonyl (C=O) groups is 1. The number of aliphatic hydroxyl groups excluding tert-OH is 1. The van der Waals surface area contributed by atoms with Crippen molar-refractivity contribution >= 4 is 5.97 Å². The molecule has 1 heterocycles. The largest absolute Gasteiger partial charge is 0.490 e. The van der Waals surface area contributed by atoms with Crippen LogP contribution in [0.15, 0.2) is 18.2 Å². The molecule has 1 aromatic rings. The van der Waals surface area contributed by atoms with Crippen LogP contribution in [0.5, 0.6) is 11.5 Å². The van der Waals surface area contributed by atoms with Crippen LogP contribution in [0.1, 0.15) is 31.9 Å². The lowest BCUT2D eigenvalue weighted by molar-refractivity contribution is -0.151. The van der Waals surface area contributed by atoms with Crippen molar-refractivity contribution in [3.63, 3.8) is 0 Å². The number of carbonyl (C=O) groups excluding carboxylic acids is 1. The summed E-state index contributed by atoms with van der Waals surface area (Å²) in [6, 6.07) is 5.16. The van der Waals surface area contributed by atoms with Crippen LogP contribution in [0, 0.1) is 0 Å². The first-order chi connectivity index (χ1) is 9.15. The lowest BCUT2D eigenvalue weighted by atomic mass is 10.1. The van der Waals surface area contributed by atoms with Gasteiger partial charge in [0.25, 0.3) is 0 Å². The van der Waals surface area contributed by atoms with E-state index in [4.69, 9.17) is 14.2 Å². The standard InChI is InChI=1S/C14H18O5/c1-3-12(14(16)17-4-2)19-9-5-6-10-11(15)8-18-13(10)7-9/h5-7,11-12,15H,3-4,8H2,1-2H3. The molecule has 0 bridgehead atoms. The maximum absolute atomic E-state index is 11.6. The summed E-state index contributed by atoms with van der Waals surface area (Å²) in [6.45, 7) is 4.20. The maximum Gasteiger partial charge on any atom is 0.347 e. The van der Waals surface area contributed by atoms with Crippen LogP contribution in [0.25, 0.3) is 0 Å². The number of benzene rings is 1. The number of rotatable bonds is 5. The first-order valence-corrected chi connectivity index (χ1v) is 6.43. The molecule has 104 valence electrons. The van der Waals surface area contributed by atoms with Crippen LogP contribution >= 0.6 is 0 Å². The summed E-state index contributed by atoms with van der Waals surface area (Å²) in [5.74, 6) is 0.767. The van der Waals surface area contributed by atoms with Gasteiger partial charge in [-0.15, -0.1) is 0 Å². The van der Waals surface area contributed by atoms with E-state index in [1.165, 1.54) is 0 Å². The predicted molar refractivity (Wildman–Crippen MR) is 68.2 cm³/mol. The SMILES string of the molecule is CCOC(=O)C(CC)Oc1ccc2c(c1)OCC2O. The van der Waals surface area contributed by atoms with Crippen LogP contribution in [0.2, 0.25) is 0 Å². The molecule has 1 aliphatic rings. The fourth-order valence-corrected chi connectivity index (χ4v) is 1.94. The molecule has 1 aromatic carbocycles. The number of aliphatic hydroxyl groups is 1. The minimum Gasteiger partial charge on any atom is -0.490 e. The third kappa shape index (κ3) is 2.98. The van der Waals surface area contributed by atoms with Gasteiger partial charge in [-0.1, -0.05) is 6.92 Å². The Bertz CT molecular complexity index is 457. The van der Waals surface area contributed by atoms with Crippen LogP contribution in [-0.2, 0) is 9.53 Å². The molecule has 5 heteroatoms. The van der Waals surface area contributed by atoms with E-state index in [9.17, 15) is 9.90 Å². The van der Waals surface area contributed by atoms with Gasteiger partial charge in [0.2, 0.25) is 0 Å². The highest BCUT2D eigenvalue weighted by atomic mass is 16.6. The second-order valence-electron chi connectivity index (χ2n) is 4.29. The zero-order valence-electron chi connectivity index (χ0n) is 11.1. The van der Waals surface area contributed by atoms with Gasteiger partial charge in [0, 0.05) is 11.6 Å². The van der Waals surface area contributed by atoms with Crippen molar-refractivity contribution in [3.05, 3.63) is 23.8 Å². The third-order valence-electron chi connectivity index (χ3n) is 2.94. The Labute approximate surface area is 112 Å². The van der Waals surface area contributed by atoms with E-state index in [2.05, 4.69) is 0 Å². The molecule has 0 aliphatic carbocycles. The van der Waals surface area contributed by atoms with E-state index in [1.54, 1.807) is 25.1 Å². The molecule has 0 aromatic heterocycles. The molecule has 19 heavy (non-hydrogen) atoms. The molecule has 2 atom stereocenters. The summed E-state index contributed by atoms with van der Waals surface area (Å²) in [5.41, 5.74) is 0.747. The first-order valence-electron chi connectivity index (χ1n) is 6.43. The molecule has 2 rings (SSSR count). The summed E-state index contributed by atoms with van der Waals surface area (Å²) in [7, 11) is 0. The minimum absolute atomic E-state index is 0.258. The molecule has 0 radical (unpaired) electrons. The molecule has 1 aliphatic heterocycles. The van der Waals surface area contributed by atoms with E-state index in [-0.39, 0.29) is 12.6 Å². The molecular weight excluding hydrogens is 248 g/mol. The van der Waals surface area contributed by atoms with Crippen LogP contribution in [-0.4, -0.2) is 30.4 Å². The predicted octanol–water partition coefficient (Wildman–Crippen LogP) is 1.83. The quantitative estimate of drug-likeness (QED) is 0.824. The Hall–Kier alpha value is -1.75. The Morgan fingerprint density at radius 3 is 3.00 bits per heavy atom. The molecule has 0 amide bonds. The summed E-state index contributed by atoms with van der Waals surface area (Å²) < 4.78 is 15.9. The molecule has 0 spiro atoms. The highest BCUT2D eigenvalue weighted by Crippen LogP contribution is 2.35. The zero-order valence-corrected chi connectivity index (χ0v) is 11.1. The van der Waals surface area contributed by atoms with Crippen LogP contribution < -0.4 is 9.47 Å². The van der Waals surface area contributed by atoms with Crippen molar-refractivity contribution in [1.29, 1.82) is 0 Å². The molecule has 5 nitrogen and oxygen atoms in total. The van der Waals surface area contributed by atoms with Gasteiger partial charge in [-0.3, -0.25) is 0 Å². The summed E-state index contributed by atoms with van der Waals surface area (Å²) in [4.78, 5) is 11.6. The molecule has 2 unspecified atom stereocenters. The monoisotopic (exact) mass is 266 g/mol. The fourth-order valence-electron chi connectivity index (χ4n) is 1.94. The molecule has 0 saturated heterocycles. The number of hydrogen-bond donors (Lipinski definition) is 1. The van der Waals surface area contributed by atoms with Crippen molar-refractivity contribution in [2.45, 2.75) is 32.5 Å². The number of hydrogen-bond acceptors (Lipinski definition) is 5. The number of fused-ring (bicyclic) bond motifs is 1. The summed E-state index contributed by atoms with van der Waals surface area (Å²) >= 11 is 0. The Morgan fingerprint density at radius 1 is 1.53 bits per heavy atom. The second-order valence-corrected chi connectivity index (χ2v) is 4.29. The fraction of sp³-hybridized carbons (Fsp3) is 0.500. The summed E-state index contributed by atoms with van der Waals surface area (Å²) in [6.07, 6.45) is -0.681. The summed E-state index contributed by atoms with van der Waals surface area (Å²) in [5, 5.41) is 9.62. The van der Waals surface area contributed by atoms with Crippen molar-refractivity contribution in [2.24, 2.45) is 0 Å². The normalized spacial score (nSPS) is 18.4. The molecule has 0 saturated carbocycles. The van der Waals surface area contributed by atoms with Gasteiger partial charge >= 0.3 is 5.97 Å².